The second-order valence-corrected chi connectivity index (χ2v) is 9.81. The molecule has 0 radical (unpaired) electrons. The molecule has 2 aliphatic rings. The quantitative estimate of drug-likeness (QED) is 0.403. The summed E-state index contributed by atoms with van der Waals surface area (Å²) < 4.78 is 11.7. The minimum Gasteiger partial charge on any atom is -0.373 e. The van der Waals surface area contributed by atoms with E-state index >= 15 is 0 Å². The molecule has 0 heterocycles. The zero-order valence-electron chi connectivity index (χ0n) is 21.6. The number of allylic oxidation sites excluding steroid dienone is 4. The minimum absolute atomic E-state index is 0.00991. The third-order valence-corrected chi connectivity index (χ3v) is 7.71. The highest BCUT2D eigenvalue weighted by molar-refractivity contribution is 5.96. The summed E-state index contributed by atoms with van der Waals surface area (Å²) in [6, 6.07) is 24.9. The Kier molecular flexibility index (Phi) is 6.84. The highest BCUT2D eigenvalue weighted by atomic mass is 16.5. The van der Waals surface area contributed by atoms with Crippen molar-refractivity contribution in [3.05, 3.63) is 126 Å². The normalized spacial score (nSPS) is 26.8. The Morgan fingerprint density at radius 3 is 2.00 bits per heavy atom. The third-order valence-electron chi connectivity index (χ3n) is 7.71. The number of nitrogens with two attached hydrogens (primary N) is 2. The van der Waals surface area contributed by atoms with E-state index in [1.165, 1.54) is 5.56 Å². The third kappa shape index (κ3) is 4.43. The molecule has 4 nitrogen and oxygen atoms in total. The van der Waals surface area contributed by atoms with Crippen LogP contribution in [-0.4, -0.2) is 31.6 Å². The molecule has 0 fully saturated rings. The maximum absolute atomic E-state index is 6.77. The predicted octanol–water partition coefficient (Wildman–Crippen LogP) is 6.22. The molecule has 4 atom stereocenters. The second kappa shape index (κ2) is 10.1. The van der Waals surface area contributed by atoms with Gasteiger partial charge in [-0.05, 0) is 52.0 Å². The van der Waals surface area contributed by atoms with Crippen molar-refractivity contribution in [1.29, 1.82) is 0 Å². The Morgan fingerprint density at radius 2 is 1.38 bits per heavy atom. The van der Waals surface area contributed by atoms with E-state index in [4.69, 9.17) is 20.9 Å². The maximum Gasteiger partial charge on any atom is 0.155 e. The SMILES string of the molecule is COC1(C)C=CC=CC1c1ccc(C2=CC=CC(N)(OC)C2N)c(-c2ccccc2)c1-c1ccccc1. The fourth-order valence-electron chi connectivity index (χ4n) is 5.47. The summed E-state index contributed by atoms with van der Waals surface area (Å²) >= 11 is 0. The van der Waals surface area contributed by atoms with E-state index in [1.54, 1.807) is 14.2 Å². The standard InChI is InChI=1S/C33H34N2O2/c1-32(36-2)21-11-10-18-28(32)27-20-19-25(26-17-12-22-33(35,37-3)31(26)34)29(23-13-6-4-7-14-23)30(27)24-15-8-5-9-16-24/h4-22,28,31H,34-35H2,1-3H3. The first-order chi connectivity index (χ1) is 17.9. The van der Waals surface area contributed by atoms with Crippen LogP contribution in [0.25, 0.3) is 27.8 Å². The van der Waals surface area contributed by atoms with Crippen LogP contribution < -0.4 is 11.5 Å². The van der Waals surface area contributed by atoms with Crippen molar-refractivity contribution in [2.24, 2.45) is 11.5 Å². The number of ether oxygens (including phenoxy) is 2. The van der Waals surface area contributed by atoms with E-state index in [9.17, 15) is 0 Å². The van der Waals surface area contributed by atoms with E-state index in [0.29, 0.717) is 0 Å². The van der Waals surface area contributed by atoms with Crippen molar-refractivity contribution in [1.82, 2.24) is 0 Å². The minimum atomic E-state index is -1.09. The van der Waals surface area contributed by atoms with Crippen LogP contribution in [-0.2, 0) is 9.47 Å². The Labute approximate surface area is 219 Å². The molecule has 37 heavy (non-hydrogen) atoms. The summed E-state index contributed by atoms with van der Waals surface area (Å²) in [4.78, 5) is 0. The summed E-state index contributed by atoms with van der Waals surface area (Å²) in [7, 11) is 3.37. The lowest BCUT2D eigenvalue weighted by Gasteiger charge is -2.38. The summed E-state index contributed by atoms with van der Waals surface area (Å²) in [6.45, 7) is 2.13. The van der Waals surface area contributed by atoms with Gasteiger partial charge in [0.05, 0.1) is 11.6 Å². The molecule has 3 aromatic rings. The van der Waals surface area contributed by atoms with Crippen molar-refractivity contribution >= 4 is 5.57 Å². The van der Waals surface area contributed by atoms with E-state index in [2.05, 4.69) is 91.9 Å². The average molecular weight is 491 g/mol. The van der Waals surface area contributed by atoms with E-state index < -0.39 is 17.4 Å². The predicted molar refractivity (Wildman–Crippen MR) is 153 cm³/mol. The van der Waals surface area contributed by atoms with Gasteiger partial charge in [0.25, 0.3) is 0 Å². The molecule has 0 spiro atoms. The fraction of sp³-hybridized carbons (Fsp3) is 0.212. The molecule has 5 rings (SSSR count). The lowest BCUT2D eigenvalue weighted by Crippen LogP contribution is -2.56. The number of rotatable bonds is 6. The molecule has 4 unspecified atom stereocenters. The molecular weight excluding hydrogens is 456 g/mol. The molecular formula is C33H34N2O2. The van der Waals surface area contributed by atoms with Crippen molar-refractivity contribution in [2.75, 3.05) is 14.2 Å². The summed E-state index contributed by atoms with van der Waals surface area (Å²) in [6.07, 6.45) is 14.3. The number of hydrogen-bond acceptors (Lipinski definition) is 4. The Morgan fingerprint density at radius 1 is 0.730 bits per heavy atom. The van der Waals surface area contributed by atoms with Gasteiger partial charge in [-0.15, -0.1) is 0 Å². The van der Waals surface area contributed by atoms with Crippen LogP contribution in [0.1, 0.15) is 24.0 Å². The maximum atomic E-state index is 6.77. The molecule has 4 N–H and O–H groups in total. The van der Waals surface area contributed by atoms with Gasteiger partial charge in [-0.1, -0.05) is 109 Å². The van der Waals surface area contributed by atoms with Gasteiger partial charge < -0.3 is 15.2 Å². The van der Waals surface area contributed by atoms with Gasteiger partial charge in [-0.3, -0.25) is 5.73 Å². The zero-order chi connectivity index (χ0) is 26.0. The number of hydrogen-bond donors (Lipinski definition) is 2. The van der Waals surface area contributed by atoms with Crippen molar-refractivity contribution < 1.29 is 9.47 Å². The average Bonchev–Trinajstić information content (AvgIpc) is 2.95. The van der Waals surface area contributed by atoms with E-state index in [0.717, 1.165) is 33.4 Å². The molecule has 0 saturated carbocycles. The summed E-state index contributed by atoms with van der Waals surface area (Å²) in [5, 5.41) is 0. The largest absolute Gasteiger partial charge is 0.373 e. The number of methoxy groups -OCH3 is 2. The highest BCUT2D eigenvalue weighted by Crippen LogP contribution is 2.47. The van der Waals surface area contributed by atoms with Gasteiger partial charge in [0.1, 0.15) is 0 Å². The van der Waals surface area contributed by atoms with Crippen LogP contribution in [0.4, 0.5) is 0 Å². The van der Waals surface area contributed by atoms with Crippen LogP contribution in [0.15, 0.2) is 115 Å². The Balaban J connectivity index is 1.85. The van der Waals surface area contributed by atoms with Crippen molar-refractivity contribution in [3.63, 3.8) is 0 Å². The van der Waals surface area contributed by atoms with Crippen LogP contribution in [0.2, 0.25) is 0 Å². The van der Waals surface area contributed by atoms with Gasteiger partial charge in [0, 0.05) is 20.1 Å². The Hall–Kier alpha value is -3.54. The first-order valence-electron chi connectivity index (χ1n) is 12.6. The first kappa shape index (κ1) is 25.1. The zero-order valence-corrected chi connectivity index (χ0v) is 21.6. The van der Waals surface area contributed by atoms with Gasteiger partial charge in [-0.25, -0.2) is 0 Å². The van der Waals surface area contributed by atoms with Crippen molar-refractivity contribution in [3.8, 4) is 22.3 Å². The number of benzene rings is 3. The van der Waals surface area contributed by atoms with Gasteiger partial charge >= 0.3 is 0 Å². The van der Waals surface area contributed by atoms with E-state index in [-0.39, 0.29) is 5.92 Å². The molecule has 0 amide bonds. The van der Waals surface area contributed by atoms with Crippen LogP contribution in [0.3, 0.4) is 0 Å². The van der Waals surface area contributed by atoms with Crippen LogP contribution in [0, 0.1) is 0 Å². The lowest BCUT2D eigenvalue weighted by atomic mass is 9.73. The summed E-state index contributed by atoms with van der Waals surface area (Å²) in [5.41, 5.74) is 19.4. The van der Waals surface area contributed by atoms with Gasteiger partial charge in [0.15, 0.2) is 5.72 Å². The monoisotopic (exact) mass is 490 g/mol. The molecule has 188 valence electrons. The molecule has 0 bridgehead atoms. The molecule has 4 heteroatoms. The topological polar surface area (TPSA) is 70.5 Å². The molecule has 0 aromatic heterocycles. The summed E-state index contributed by atoms with van der Waals surface area (Å²) in [5.74, 6) is 0.00991. The van der Waals surface area contributed by atoms with E-state index in [1.807, 2.05) is 30.4 Å². The van der Waals surface area contributed by atoms with Gasteiger partial charge in [-0.2, -0.15) is 0 Å². The highest BCUT2D eigenvalue weighted by Gasteiger charge is 2.38. The Bertz CT molecular complexity index is 1390. The second-order valence-electron chi connectivity index (χ2n) is 9.81. The molecule has 3 aromatic carbocycles. The molecule has 2 aliphatic carbocycles. The van der Waals surface area contributed by atoms with Crippen LogP contribution >= 0.6 is 0 Å². The first-order valence-corrected chi connectivity index (χ1v) is 12.6. The van der Waals surface area contributed by atoms with Crippen LogP contribution in [0.5, 0.6) is 0 Å². The lowest BCUT2D eigenvalue weighted by molar-refractivity contribution is 0.0290. The van der Waals surface area contributed by atoms with Crippen molar-refractivity contribution in [2.45, 2.75) is 30.2 Å². The van der Waals surface area contributed by atoms with Gasteiger partial charge in [0.2, 0.25) is 0 Å². The molecule has 0 saturated heterocycles. The smallest absolute Gasteiger partial charge is 0.155 e. The fourth-order valence-corrected chi connectivity index (χ4v) is 5.47. The molecule has 0 aliphatic heterocycles.